The fraction of sp³-hybridized carbons (Fsp3) is 0.429. The summed E-state index contributed by atoms with van der Waals surface area (Å²) in [5.74, 6) is 0.879. The van der Waals surface area contributed by atoms with Crippen molar-refractivity contribution in [3.8, 4) is 11.1 Å². The molecule has 1 aliphatic rings. The van der Waals surface area contributed by atoms with Crippen LogP contribution >= 0.6 is 11.5 Å². The molecule has 0 bridgehead atoms. The normalized spacial score (nSPS) is 23.0. The minimum atomic E-state index is -0.297. The van der Waals surface area contributed by atoms with Gasteiger partial charge in [-0.3, -0.25) is 4.98 Å². The topological polar surface area (TPSA) is 75.3 Å². The second-order valence-corrected chi connectivity index (χ2v) is 6.02. The molecular formula is C14H18N4OS. The van der Waals surface area contributed by atoms with Gasteiger partial charge in [-0.15, -0.1) is 0 Å². The van der Waals surface area contributed by atoms with E-state index >= 15 is 0 Å². The van der Waals surface area contributed by atoms with E-state index in [1.807, 2.05) is 12.1 Å². The van der Waals surface area contributed by atoms with E-state index in [9.17, 15) is 5.11 Å². The highest BCUT2D eigenvalue weighted by atomic mass is 32.1. The molecule has 0 saturated carbocycles. The summed E-state index contributed by atoms with van der Waals surface area (Å²) in [5.41, 5.74) is 7.93. The predicted molar refractivity (Wildman–Crippen MR) is 81.8 cm³/mol. The fourth-order valence-corrected chi connectivity index (χ4v) is 3.40. The zero-order valence-electron chi connectivity index (χ0n) is 11.4. The van der Waals surface area contributed by atoms with E-state index in [-0.39, 0.29) is 6.10 Å². The van der Waals surface area contributed by atoms with Crippen molar-refractivity contribution >= 4 is 22.4 Å². The number of aromatic nitrogens is 2. The van der Waals surface area contributed by atoms with E-state index in [2.05, 4.69) is 21.2 Å². The molecule has 0 spiro atoms. The summed E-state index contributed by atoms with van der Waals surface area (Å²) in [7, 11) is 0. The van der Waals surface area contributed by atoms with Crippen molar-refractivity contribution in [3.05, 3.63) is 24.5 Å². The molecular weight excluding hydrogens is 272 g/mol. The van der Waals surface area contributed by atoms with Crippen molar-refractivity contribution < 1.29 is 5.11 Å². The van der Waals surface area contributed by atoms with Gasteiger partial charge >= 0.3 is 0 Å². The van der Waals surface area contributed by atoms with Gasteiger partial charge in [0.2, 0.25) is 0 Å². The molecule has 0 radical (unpaired) electrons. The number of β-amino-alcohol motifs (C(OH)–C–C–N with tert-alkyl or cyclic N) is 1. The third kappa shape index (κ3) is 2.36. The Labute approximate surface area is 122 Å². The van der Waals surface area contributed by atoms with E-state index in [0.717, 1.165) is 29.1 Å². The van der Waals surface area contributed by atoms with Crippen molar-refractivity contribution in [3.63, 3.8) is 0 Å². The van der Waals surface area contributed by atoms with Gasteiger partial charge in [0.15, 0.2) is 0 Å². The van der Waals surface area contributed by atoms with Crippen molar-refractivity contribution in [2.24, 2.45) is 5.92 Å². The summed E-state index contributed by atoms with van der Waals surface area (Å²) in [4.78, 5) is 6.33. The number of aliphatic hydroxyl groups excluding tert-OH is 1. The number of hydrogen-bond acceptors (Lipinski definition) is 6. The highest BCUT2D eigenvalue weighted by molar-refractivity contribution is 7.11. The summed E-state index contributed by atoms with van der Waals surface area (Å²) >= 11 is 1.39. The molecule has 20 heavy (non-hydrogen) atoms. The molecule has 2 unspecified atom stereocenters. The molecule has 5 nitrogen and oxygen atoms in total. The minimum Gasteiger partial charge on any atom is -0.391 e. The van der Waals surface area contributed by atoms with E-state index in [1.54, 1.807) is 12.4 Å². The Morgan fingerprint density at radius 2 is 2.35 bits per heavy atom. The van der Waals surface area contributed by atoms with Crippen LogP contribution in [0.1, 0.15) is 13.3 Å². The number of pyridine rings is 1. The molecule has 2 aromatic rings. The van der Waals surface area contributed by atoms with Crippen LogP contribution in [0.25, 0.3) is 11.1 Å². The van der Waals surface area contributed by atoms with Gasteiger partial charge in [0.25, 0.3) is 0 Å². The molecule has 2 aromatic heterocycles. The molecule has 3 heterocycles. The fourth-order valence-electron chi connectivity index (χ4n) is 2.52. The van der Waals surface area contributed by atoms with E-state index < -0.39 is 0 Å². The lowest BCUT2D eigenvalue weighted by molar-refractivity contribution is 0.103. The summed E-state index contributed by atoms with van der Waals surface area (Å²) in [6.45, 7) is 3.65. The average Bonchev–Trinajstić information content (AvgIpc) is 2.85. The molecule has 6 heteroatoms. The van der Waals surface area contributed by atoms with Crippen molar-refractivity contribution in [1.82, 2.24) is 9.36 Å². The van der Waals surface area contributed by atoms with Gasteiger partial charge in [0.05, 0.1) is 11.7 Å². The number of rotatable bonds is 2. The number of aliphatic hydroxyl groups is 1. The maximum absolute atomic E-state index is 10.1. The summed E-state index contributed by atoms with van der Waals surface area (Å²) in [6.07, 6.45) is 4.22. The molecule has 106 valence electrons. The largest absolute Gasteiger partial charge is 0.391 e. The quantitative estimate of drug-likeness (QED) is 0.884. The van der Waals surface area contributed by atoms with E-state index in [4.69, 9.17) is 5.73 Å². The Bertz CT molecular complexity index is 586. The molecule has 1 saturated heterocycles. The third-order valence-corrected chi connectivity index (χ3v) is 4.78. The van der Waals surface area contributed by atoms with Gasteiger partial charge in [0, 0.05) is 31.0 Å². The first-order valence-electron chi connectivity index (χ1n) is 6.75. The van der Waals surface area contributed by atoms with E-state index in [1.165, 1.54) is 11.5 Å². The first-order valence-corrected chi connectivity index (χ1v) is 7.52. The van der Waals surface area contributed by atoms with Crippen LogP contribution in [0.3, 0.4) is 0 Å². The minimum absolute atomic E-state index is 0.297. The van der Waals surface area contributed by atoms with Gasteiger partial charge in [-0.2, -0.15) is 4.37 Å². The molecule has 2 atom stereocenters. The first-order chi connectivity index (χ1) is 9.66. The molecule has 3 rings (SSSR count). The van der Waals surface area contributed by atoms with Gasteiger partial charge < -0.3 is 15.7 Å². The van der Waals surface area contributed by atoms with Gasteiger partial charge in [-0.25, -0.2) is 0 Å². The maximum Gasteiger partial charge on any atom is 0.147 e. The second kappa shape index (κ2) is 5.38. The summed E-state index contributed by atoms with van der Waals surface area (Å²) in [5, 5.41) is 11.1. The van der Waals surface area contributed by atoms with Crippen LogP contribution in [0.15, 0.2) is 24.5 Å². The molecule has 0 aromatic carbocycles. The van der Waals surface area contributed by atoms with Crippen molar-refractivity contribution in [2.45, 2.75) is 19.4 Å². The predicted octanol–water partition coefficient (Wildman–Crippen LogP) is 1.99. The number of hydrogen-bond donors (Lipinski definition) is 2. The standard InChI is InChI=1S/C14H18N4OS/c1-9-4-6-18(8-11(9)19)14-12(13(15)17-20-14)10-3-2-5-16-7-10/h2-3,5,7,9,11,19H,4,6,8H2,1H3,(H2,15,17). The van der Waals surface area contributed by atoms with Gasteiger partial charge in [-0.1, -0.05) is 13.0 Å². The van der Waals surface area contributed by atoms with Crippen LogP contribution in [0.5, 0.6) is 0 Å². The Morgan fingerprint density at radius 1 is 1.50 bits per heavy atom. The van der Waals surface area contributed by atoms with Gasteiger partial charge in [-0.05, 0) is 29.9 Å². The SMILES string of the molecule is CC1CCN(c2snc(N)c2-c2cccnc2)CC1O. The van der Waals surface area contributed by atoms with Crippen LogP contribution in [0, 0.1) is 5.92 Å². The van der Waals surface area contributed by atoms with E-state index in [0.29, 0.717) is 18.3 Å². The lowest BCUT2D eigenvalue weighted by atomic mass is 9.96. The monoisotopic (exact) mass is 290 g/mol. The van der Waals surface area contributed by atoms with Crippen LogP contribution in [-0.2, 0) is 0 Å². The Hall–Kier alpha value is -1.66. The summed E-state index contributed by atoms with van der Waals surface area (Å²) < 4.78 is 4.28. The Morgan fingerprint density at radius 3 is 3.05 bits per heavy atom. The van der Waals surface area contributed by atoms with Crippen LogP contribution in [0.2, 0.25) is 0 Å². The molecule has 0 aliphatic carbocycles. The maximum atomic E-state index is 10.1. The van der Waals surface area contributed by atoms with Crippen molar-refractivity contribution in [1.29, 1.82) is 0 Å². The number of nitrogen functional groups attached to an aromatic ring is 1. The highest BCUT2D eigenvalue weighted by Crippen LogP contribution is 2.40. The number of piperidine rings is 1. The number of nitrogens with zero attached hydrogens (tertiary/aromatic N) is 3. The molecule has 3 N–H and O–H groups in total. The Kier molecular flexibility index (Phi) is 3.58. The van der Waals surface area contributed by atoms with Gasteiger partial charge in [0.1, 0.15) is 10.8 Å². The molecule has 1 aliphatic heterocycles. The lowest BCUT2D eigenvalue weighted by Crippen LogP contribution is -2.42. The van der Waals surface area contributed by atoms with Crippen molar-refractivity contribution in [2.75, 3.05) is 23.7 Å². The highest BCUT2D eigenvalue weighted by Gasteiger charge is 2.28. The third-order valence-electron chi connectivity index (χ3n) is 3.86. The van der Waals surface area contributed by atoms with Crippen LogP contribution in [-0.4, -0.2) is 33.7 Å². The average molecular weight is 290 g/mol. The zero-order valence-corrected chi connectivity index (χ0v) is 12.2. The first kappa shape index (κ1) is 13.3. The van der Waals surface area contributed by atoms with Crippen LogP contribution in [0.4, 0.5) is 10.8 Å². The zero-order chi connectivity index (χ0) is 14.1. The lowest BCUT2D eigenvalue weighted by Gasteiger charge is -2.35. The Balaban J connectivity index is 1.96. The number of nitrogens with two attached hydrogens (primary N) is 1. The molecule has 1 fully saturated rings. The number of anilines is 2. The molecule has 0 amide bonds. The van der Waals surface area contributed by atoms with Crippen LogP contribution < -0.4 is 10.6 Å². The second-order valence-electron chi connectivity index (χ2n) is 5.27. The summed E-state index contributed by atoms with van der Waals surface area (Å²) in [6, 6.07) is 3.88. The smallest absolute Gasteiger partial charge is 0.147 e.